The number of thiophene rings is 1. The Kier molecular flexibility index (Phi) is 4.50. The van der Waals surface area contributed by atoms with E-state index in [4.69, 9.17) is 22.1 Å². The zero-order valence-corrected chi connectivity index (χ0v) is 13.2. The Balaban J connectivity index is 2.44. The minimum absolute atomic E-state index is 0.326. The summed E-state index contributed by atoms with van der Waals surface area (Å²) in [6.45, 7) is 2.09. The van der Waals surface area contributed by atoms with Crippen LogP contribution in [0.5, 0.6) is 0 Å². The van der Waals surface area contributed by atoms with Gasteiger partial charge in [-0.05, 0) is 31.2 Å². The average Bonchev–Trinajstić information content (AvgIpc) is 2.74. The maximum Gasteiger partial charge on any atom is 0.350 e. The van der Waals surface area contributed by atoms with E-state index in [0.717, 1.165) is 14.9 Å². The number of esters is 1. The van der Waals surface area contributed by atoms with Gasteiger partial charge in [0.1, 0.15) is 4.88 Å². The molecule has 0 unspecified atom stereocenters. The molecule has 19 heavy (non-hydrogen) atoms. The molecular formula is C13H11BrClNO2S. The second-order valence-corrected chi connectivity index (χ2v) is 6.08. The number of anilines is 1. The van der Waals surface area contributed by atoms with Gasteiger partial charge in [-0.2, -0.15) is 0 Å². The molecule has 0 atom stereocenters. The first-order chi connectivity index (χ1) is 9.02. The highest BCUT2D eigenvalue weighted by Crippen LogP contribution is 2.38. The largest absolute Gasteiger partial charge is 0.462 e. The first-order valence-electron chi connectivity index (χ1n) is 5.54. The summed E-state index contributed by atoms with van der Waals surface area (Å²) in [6.07, 6.45) is 0. The fourth-order valence-electron chi connectivity index (χ4n) is 1.58. The number of carbonyl (C=O) groups is 1. The summed E-state index contributed by atoms with van der Waals surface area (Å²) >= 11 is 10.7. The molecule has 0 aliphatic heterocycles. The minimum atomic E-state index is -0.394. The summed E-state index contributed by atoms with van der Waals surface area (Å²) in [7, 11) is 0. The van der Waals surface area contributed by atoms with Crippen LogP contribution in [0.25, 0.3) is 10.4 Å². The van der Waals surface area contributed by atoms with Gasteiger partial charge in [0.05, 0.1) is 12.3 Å². The fourth-order valence-corrected chi connectivity index (χ4v) is 3.35. The Labute approximate surface area is 128 Å². The molecule has 1 heterocycles. The van der Waals surface area contributed by atoms with Crippen molar-refractivity contribution >= 4 is 50.5 Å². The molecule has 6 heteroatoms. The number of hydrogen-bond acceptors (Lipinski definition) is 4. The van der Waals surface area contributed by atoms with Gasteiger partial charge in [-0.15, -0.1) is 11.3 Å². The maximum atomic E-state index is 11.7. The summed E-state index contributed by atoms with van der Waals surface area (Å²) in [5.74, 6) is -0.394. The second kappa shape index (κ2) is 5.94. The molecule has 1 aromatic carbocycles. The van der Waals surface area contributed by atoms with Crippen molar-refractivity contribution in [1.29, 1.82) is 0 Å². The number of nitrogens with two attached hydrogens (primary N) is 1. The molecule has 0 saturated carbocycles. The number of benzene rings is 1. The SMILES string of the molecule is CCOC(=O)c1sc(-c2cc(Cl)ccc2Br)cc1N. The van der Waals surface area contributed by atoms with Gasteiger partial charge in [0.25, 0.3) is 0 Å². The van der Waals surface area contributed by atoms with E-state index in [1.807, 2.05) is 12.1 Å². The van der Waals surface area contributed by atoms with Crippen LogP contribution in [-0.4, -0.2) is 12.6 Å². The Morgan fingerprint density at radius 2 is 2.21 bits per heavy atom. The van der Waals surface area contributed by atoms with Gasteiger partial charge in [-0.25, -0.2) is 4.79 Å². The molecule has 2 aromatic rings. The molecular weight excluding hydrogens is 350 g/mol. The van der Waals surface area contributed by atoms with Crippen LogP contribution in [0.3, 0.4) is 0 Å². The number of nitrogen functional groups attached to an aromatic ring is 1. The van der Waals surface area contributed by atoms with Gasteiger partial charge in [0.2, 0.25) is 0 Å². The molecule has 0 spiro atoms. The minimum Gasteiger partial charge on any atom is -0.462 e. The fraction of sp³-hybridized carbons (Fsp3) is 0.154. The molecule has 0 aliphatic rings. The van der Waals surface area contributed by atoms with Crippen molar-refractivity contribution in [2.75, 3.05) is 12.3 Å². The van der Waals surface area contributed by atoms with Crippen molar-refractivity contribution in [1.82, 2.24) is 0 Å². The van der Waals surface area contributed by atoms with E-state index in [0.29, 0.717) is 22.2 Å². The van der Waals surface area contributed by atoms with E-state index in [1.165, 1.54) is 11.3 Å². The molecule has 0 radical (unpaired) electrons. The summed E-state index contributed by atoms with van der Waals surface area (Å²) < 4.78 is 5.86. The lowest BCUT2D eigenvalue weighted by atomic mass is 10.2. The summed E-state index contributed by atoms with van der Waals surface area (Å²) in [5.41, 5.74) is 7.18. The number of rotatable bonds is 3. The predicted octanol–water partition coefficient (Wildman–Crippen LogP) is 4.59. The van der Waals surface area contributed by atoms with Gasteiger partial charge >= 0.3 is 5.97 Å². The Morgan fingerprint density at radius 3 is 2.89 bits per heavy atom. The molecule has 3 nitrogen and oxygen atoms in total. The number of halogens is 2. The molecule has 2 N–H and O–H groups in total. The van der Waals surface area contributed by atoms with Crippen LogP contribution < -0.4 is 5.73 Å². The Bertz CT molecular complexity index is 627. The van der Waals surface area contributed by atoms with Crippen molar-refractivity contribution < 1.29 is 9.53 Å². The van der Waals surface area contributed by atoms with Crippen molar-refractivity contribution in [3.8, 4) is 10.4 Å². The lowest BCUT2D eigenvalue weighted by molar-refractivity contribution is 0.0533. The van der Waals surface area contributed by atoms with Crippen LogP contribution in [0, 0.1) is 0 Å². The topological polar surface area (TPSA) is 52.3 Å². The van der Waals surface area contributed by atoms with E-state index in [2.05, 4.69) is 15.9 Å². The molecule has 0 bridgehead atoms. The Morgan fingerprint density at radius 1 is 1.47 bits per heavy atom. The predicted molar refractivity (Wildman–Crippen MR) is 82.8 cm³/mol. The maximum absolute atomic E-state index is 11.7. The number of carbonyl (C=O) groups excluding carboxylic acids is 1. The number of hydrogen-bond donors (Lipinski definition) is 1. The van der Waals surface area contributed by atoms with E-state index in [1.54, 1.807) is 19.1 Å². The molecule has 0 saturated heterocycles. The van der Waals surface area contributed by atoms with Gasteiger partial charge in [0, 0.05) is 19.9 Å². The standard InChI is InChI=1S/C13H11BrClNO2S/c1-2-18-13(17)12-10(16)6-11(19-12)8-5-7(15)3-4-9(8)14/h3-6H,2,16H2,1H3. The third kappa shape index (κ3) is 3.11. The second-order valence-electron chi connectivity index (χ2n) is 3.74. The normalized spacial score (nSPS) is 10.5. The van der Waals surface area contributed by atoms with Gasteiger partial charge in [-0.1, -0.05) is 27.5 Å². The molecule has 2 rings (SSSR count). The third-order valence-electron chi connectivity index (χ3n) is 2.42. The quantitative estimate of drug-likeness (QED) is 0.814. The van der Waals surface area contributed by atoms with E-state index >= 15 is 0 Å². The van der Waals surface area contributed by atoms with Crippen LogP contribution in [0.4, 0.5) is 5.69 Å². The molecule has 100 valence electrons. The highest BCUT2D eigenvalue weighted by molar-refractivity contribution is 9.10. The third-order valence-corrected chi connectivity index (χ3v) is 4.51. The molecule has 0 aliphatic carbocycles. The van der Waals surface area contributed by atoms with Crippen LogP contribution >= 0.6 is 38.9 Å². The highest BCUT2D eigenvalue weighted by atomic mass is 79.9. The zero-order chi connectivity index (χ0) is 14.0. The average molecular weight is 361 g/mol. The van der Waals surface area contributed by atoms with Crippen molar-refractivity contribution in [3.63, 3.8) is 0 Å². The smallest absolute Gasteiger partial charge is 0.350 e. The highest BCUT2D eigenvalue weighted by Gasteiger charge is 2.17. The van der Waals surface area contributed by atoms with E-state index in [-0.39, 0.29) is 0 Å². The van der Waals surface area contributed by atoms with Crippen LogP contribution in [-0.2, 0) is 4.74 Å². The Hall–Kier alpha value is -1.04. The van der Waals surface area contributed by atoms with E-state index in [9.17, 15) is 4.79 Å². The van der Waals surface area contributed by atoms with Gasteiger partial charge in [0.15, 0.2) is 0 Å². The monoisotopic (exact) mass is 359 g/mol. The first kappa shape index (κ1) is 14.4. The van der Waals surface area contributed by atoms with Crippen molar-refractivity contribution in [2.24, 2.45) is 0 Å². The van der Waals surface area contributed by atoms with Gasteiger partial charge < -0.3 is 10.5 Å². The van der Waals surface area contributed by atoms with Crippen molar-refractivity contribution in [2.45, 2.75) is 6.92 Å². The summed E-state index contributed by atoms with van der Waals surface area (Å²) in [5, 5.41) is 0.628. The van der Waals surface area contributed by atoms with Crippen molar-refractivity contribution in [3.05, 3.63) is 38.6 Å². The zero-order valence-electron chi connectivity index (χ0n) is 10.1. The van der Waals surface area contributed by atoms with Crippen LogP contribution in [0.1, 0.15) is 16.6 Å². The first-order valence-corrected chi connectivity index (χ1v) is 7.53. The summed E-state index contributed by atoms with van der Waals surface area (Å²) in [6, 6.07) is 7.23. The van der Waals surface area contributed by atoms with Crippen LogP contribution in [0.2, 0.25) is 5.02 Å². The van der Waals surface area contributed by atoms with Crippen LogP contribution in [0.15, 0.2) is 28.7 Å². The number of ether oxygens (including phenoxy) is 1. The lowest BCUT2D eigenvalue weighted by Gasteiger charge is -2.02. The lowest BCUT2D eigenvalue weighted by Crippen LogP contribution is -2.04. The van der Waals surface area contributed by atoms with Gasteiger partial charge in [-0.3, -0.25) is 0 Å². The summed E-state index contributed by atoms with van der Waals surface area (Å²) in [4.78, 5) is 13.0. The molecule has 1 aromatic heterocycles. The molecule has 0 amide bonds. The van der Waals surface area contributed by atoms with E-state index < -0.39 is 5.97 Å². The molecule has 0 fully saturated rings.